The van der Waals surface area contributed by atoms with Crippen LogP contribution in [-0.4, -0.2) is 21.8 Å². The van der Waals surface area contributed by atoms with Gasteiger partial charge in [0.05, 0.1) is 21.5 Å². The lowest BCUT2D eigenvalue weighted by molar-refractivity contribution is -0.117. The van der Waals surface area contributed by atoms with E-state index < -0.39 is 29.3 Å². The van der Waals surface area contributed by atoms with E-state index in [-0.39, 0.29) is 16.3 Å². The molecule has 3 heterocycles. The Hall–Kier alpha value is -3.03. The molecule has 2 aromatic heterocycles. The number of rotatable bonds is 4. The van der Waals surface area contributed by atoms with Gasteiger partial charge in [-0.15, -0.1) is 11.3 Å². The SMILES string of the molecule is O=C(C1=C(O)C(=O)N(c2ccc(F)c(Cl)c2)C1c1cccnc1)c1cccs1. The second kappa shape index (κ2) is 7.18. The van der Waals surface area contributed by atoms with Crippen molar-refractivity contribution in [3.8, 4) is 0 Å². The lowest BCUT2D eigenvalue weighted by atomic mass is 9.96. The zero-order valence-corrected chi connectivity index (χ0v) is 15.7. The molecule has 1 aliphatic heterocycles. The first-order valence-electron chi connectivity index (χ1n) is 8.19. The molecule has 1 amide bonds. The van der Waals surface area contributed by atoms with Crippen LogP contribution in [0.2, 0.25) is 5.02 Å². The first-order valence-corrected chi connectivity index (χ1v) is 9.44. The Balaban J connectivity index is 1.89. The predicted molar refractivity (Wildman–Crippen MR) is 104 cm³/mol. The maximum Gasteiger partial charge on any atom is 0.294 e. The number of aliphatic hydroxyl groups is 1. The average molecular weight is 415 g/mol. The smallest absolute Gasteiger partial charge is 0.294 e. The molecule has 0 saturated heterocycles. The molecule has 140 valence electrons. The Morgan fingerprint density at radius 3 is 2.71 bits per heavy atom. The normalized spacial score (nSPS) is 16.7. The molecule has 1 atom stereocenters. The molecule has 0 spiro atoms. The molecule has 1 aliphatic rings. The average Bonchev–Trinajstić information content (AvgIpc) is 3.32. The molecule has 1 unspecified atom stereocenters. The number of aliphatic hydroxyl groups excluding tert-OH is 1. The Morgan fingerprint density at radius 2 is 2.07 bits per heavy atom. The maximum atomic E-state index is 13.6. The highest BCUT2D eigenvalue weighted by atomic mass is 35.5. The van der Waals surface area contributed by atoms with Crippen LogP contribution in [-0.2, 0) is 4.79 Å². The Morgan fingerprint density at radius 1 is 1.25 bits per heavy atom. The molecule has 1 N–H and O–H groups in total. The van der Waals surface area contributed by atoms with Crippen LogP contribution in [0.5, 0.6) is 0 Å². The summed E-state index contributed by atoms with van der Waals surface area (Å²) >= 11 is 7.09. The van der Waals surface area contributed by atoms with Crippen LogP contribution in [0.3, 0.4) is 0 Å². The van der Waals surface area contributed by atoms with E-state index in [1.165, 1.54) is 34.6 Å². The minimum atomic E-state index is -0.919. The third-order valence-electron chi connectivity index (χ3n) is 4.38. The lowest BCUT2D eigenvalue weighted by Crippen LogP contribution is -2.31. The third-order valence-corrected chi connectivity index (χ3v) is 5.54. The van der Waals surface area contributed by atoms with E-state index in [1.807, 2.05) is 0 Å². The Kier molecular flexibility index (Phi) is 4.70. The van der Waals surface area contributed by atoms with Crippen molar-refractivity contribution in [1.29, 1.82) is 0 Å². The first kappa shape index (κ1) is 18.3. The monoisotopic (exact) mass is 414 g/mol. The largest absolute Gasteiger partial charge is 0.503 e. The summed E-state index contributed by atoms with van der Waals surface area (Å²) in [5.74, 6) is -2.50. The van der Waals surface area contributed by atoms with Crippen LogP contribution < -0.4 is 4.90 Å². The van der Waals surface area contributed by atoms with Crippen molar-refractivity contribution in [3.05, 3.63) is 92.9 Å². The van der Waals surface area contributed by atoms with Crippen LogP contribution in [0.25, 0.3) is 0 Å². The number of benzene rings is 1. The van der Waals surface area contributed by atoms with Crippen LogP contribution in [0.4, 0.5) is 10.1 Å². The molecule has 4 rings (SSSR count). The summed E-state index contributed by atoms with van der Waals surface area (Å²) in [6.07, 6.45) is 3.07. The molecule has 5 nitrogen and oxygen atoms in total. The van der Waals surface area contributed by atoms with Gasteiger partial charge in [-0.1, -0.05) is 23.7 Å². The summed E-state index contributed by atoms with van der Waals surface area (Å²) in [5.41, 5.74) is 0.729. The summed E-state index contributed by atoms with van der Waals surface area (Å²) in [7, 11) is 0. The third kappa shape index (κ3) is 2.98. The van der Waals surface area contributed by atoms with E-state index in [1.54, 1.807) is 35.8 Å². The second-order valence-electron chi connectivity index (χ2n) is 6.03. The number of hydrogen-bond acceptors (Lipinski definition) is 5. The molecule has 0 bridgehead atoms. The van der Waals surface area contributed by atoms with Crippen LogP contribution in [0.15, 0.2) is 71.6 Å². The van der Waals surface area contributed by atoms with Gasteiger partial charge in [0.2, 0.25) is 5.78 Å². The minimum Gasteiger partial charge on any atom is -0.503 e. The van der Waals surface area contributed by atoms with E-state index in [0.717, 1.165) is 6.07 Å². The standard InChI is InChI=1S/C20H12ClFN2O3S/c21-13-9-12(5-6-14(13)22)24-17(11-3-1-7-23-10-11)16(19(26)20(24)27)18(25)15-4-2-8-28-15/h1-10,17,26H. The van der Waals surface area contributed by atoms with Gasteiger partial charge in [-0.05, 0) is 41.3 Å². The van der Waals surface area contributed by atoms with Gasteiger partial charge in [0.1, 0.15) is 5.82 Å². The molecule has 0 fully saturated rings. The van der Waals surface area contributed by atoms with Crippen molar-refractivity contribution in [1.82, 2.24) is 4.98 Å². The molecular weight excluding hydrogens is 403 g/mol. The molecular formula is C20H12ClFN2O3S. The quantitative estimate of drug-likeness (QED) is 0.627. The molecule has 0 radical (unpaired) electrons. The van der Waals surface area contributed by atoms with Crippen LogP contribution in [0.1, 0.15) is 21.3 Å². The highest BCUT2D eigenvalue weighted by Crippen LogP contribution is 2.42. The fourth-order valence-electron chi connectivity index (χ4n) is 3.13. The van der Waals surface area contributed by atoms with Gasteiger partial charge in [-0.2, -0.15) is 0 Å². The van der Waals surface area contributed by atoms with Crippen molar-refractivity contribution >= 4 is 40.3 Å². The van der Waals surface area contributed by atoms with Crippen molar-refractivity contribution < 1.29 is 19.1 Å². The van der Waals surface area contributed by atoms with Crippen LogP contribution >= 0.6 is 22.9 Å². The highest BCUT2D eigenvalue weighted by Gasteiger charge is 2.45. The van der Waals surface area contributed by atoms with Gasteiger partial charge in [-0.3, -0.25) is 19.5 Å². The number of anilines is 1. The number of carbonyl (C=O) groups is 2. The number of thiophene rings is 1. The fourth-order valence-corrected chi connectivity index (χ4v) is 3.98. The van der Waals surface area contributed by atoms with Gasteiger partial charge < -0.3 is 5.11 Å². The maximum absolute atomic E-state index is 13.6. The van der Waals surface area contributed by atoms with Crippen LogP contribution in [0, 0.1) is 5.82 Å². The molecule has 0 saturated carbocycles. The van der Waals surface area contributed by atoms with Gasteiger partial charge in [0.25, 0.3) is 5.91 Å². The zero-order chi connectivity index (χ0) is 19.8. The number of nitrogens with zero attached hydrogens (tertiary/aromatic N) is 2. The number of carbonyl (C=O) groups excluding carboxylic acids is 2. The number of hydrogen-bond donors (Lipinski definition) is 1. The zero-order valence-electron chi connectivity index (χ0n) is 14.2. The molecule has 8 heteroatoms. The topological polar surface area (TPSA) is 70.5 Å². The summed E-state index contributed by atoms with van der Waals surface area (Å²) in [5, 5.41) is 12.1. The number of amides is 1. The van der Waals surface area contributed by atoms with Crippen molar-refractivity contribution in [2.75, 3.05) is 4.90 Å². The van der Waals surface area contributed by atoms with Crippen molar-refractivity contribution in [2.45, 2.75) is 6.04 Å². The van der Waals surface area contributed by atoms with Crippen molar-refractivity contribution in [3.63, 3.8) is 0 Å². The van der Waals surface area contributed by atoms with E-state index in [0.29, 0.717) is 10.4 Å². The summed E-state index contributed by atoms with van der Waals surface area (Å²) < 4.78 is 13.6. The number of ketones is 1. The molecule has 1 aromatic carbocycles. The van der Waals surface area contributed by atoms with Gasteiger partial charge >= 0.3 is 0 Å². The van der Waals surface area contributed by atoms with E-state index >= 15 is 0 Å². The number of pyridine rings is 1. The lowest BCUT2D eigenvalue weighted by Gasteiger charge is -2.26. The minimum absolute atomic E-state index is 0.0547. The number of aromatic nitrogens is 1. The van der Waals surface area contributed by atoms with Gasteiger partial charge in [0.15, 0.2) is 5.76 Å². The first-order chi connectivity index (χ1) is 13.5. The van der Waals surface area contributed by atoms with E-state index in [9.17, 15) is 19.1 Å². The summed E-state index contributed by atoms with van der Waals surface area (Å²) in [6.45, 7) is 0. The molecule has 0 aliphatic carbocycles. The fraction of sp³-hybridized carbons (Fsp3) is 0.0500. The van der Waals surface area contributed by atoms with E-state index in [4.69, 9.17) is 11.6 Å². The Bertz CT molecular complexity index is 1100. The molecule has 28 heavy (non-hydrogen) atoms. The van der Waals surface area contributed by atoms with E-state index in [2.05, 4.69) is 4.98 Å². The highest BCUT2D eigenvalue weighted by molar-refractivity contribution is 7.12. The summed E-state index contributed by atoms with van der Waals surface area (Å²) in [6, 6.07) is 9.55. The van der Waals surface area contributed by atoms with Gasteiger partial charge in [0, 0.05) is 18.1 Å². The van der Waals surface area contributed by atoms with Gasteiger partial charge in [-0.25, -0.2) is 4.39 Å². The Labute approximate surface area is 168 Å². The van der Waals surface area contributed by atoms with Crippen molar-refractivity contribution in [2.24, 2.45) is 0 Å². The summed E-state index contributed by atoms with van der Waals surface area (Å²) in [4.78, 5) is 31.6. The second-order valence-corrected chi connectivity index (χ2v) is 7.39. The number of halogens is 2. The molecule has 3 aromatic rings. The number of Topliss-reactive ketones (excluding diaryl/α,β-unsaturated/α-hetero) is 1. The predicted octanol–water partition coefficient (Wildman–Crippen LogP) is 4.72.